The Kier molecular flexibility index (Phi) is 5.15. The molecule has 0 unspecified atom stereocenters. The maximum atomic E-state index is 13.4. The maximum Gasteiger partial charge on any atom is 0.251 e. The van der Waals surface area contributed by atoms with Crippen molar-refractivity contribution in [2.75, 3.05) is 7.11 Å². The molecule has 4 rings (SSSR count). The van der Waals surface area contributed by atoms with Gasteiger partial charge in [0.05, 0.1) is 18.0 Å². The molecule has 8 heteroatoms. The van der Waals surface area contributed by atoms with E-state index in [-0.39, 0.29) is 21.1 Å². The third kappa shape index (κ3) is 3.51. The molecule has 0 saturated heterocycles. The Bertz CT molecular complexity index is 1280. The van der Waals surface area contributed by atoms with E-state index in [1.54, 1.807) is 50.4 Å². The highest BCUT2D eigenvalue weighted by atomic mass is 32.2. The van der Waals surface area contributed by atoms with Crippen LogP contribution in [0.4, 0.5) is 0 Å². The molecule has 0 amide bonds. The van der Waals surface area contributed by atoms with E-state index in [1.807, 2.05) is 0 Å². The Morgan fingerprint density at radius 2 is 1.74 bits per heavy atom. The van der Waals surface area contributed by atoms with Crippen molar-refractivity contribution in [1.29, 1.82) is 0 Å². The van der Waals surface area contributed by atoms with E-state index in [9.17, 15) is 18.3 Å². The molecule has 0 radical (unpaired) electrons. The molecular formula is C23H23NO6S. The van der Waals surface area contributed by atoms with E-state index >= 15 is 0 Å². The number of aliphatic hydroxyl groups is 1. The average molecular weight is 442 g/mol. The second-order valence-corrected chi connectivity index (χ2v) is 9.82. The van der Waals surface area contributed by atoms with E-state index in [4.69, 9.17) is 9.47 Å². The van der Waals surface area contributed by atoms with Crippen LogP contribution in [0.3, 0.4) is 0 Å². The first-order chi connectivity index (χ1) is 14.7. The van der Waals surface area contributed by atoms with Crippen LogP contribution in [0.2, 0.25) is 0 Å². The monoisotopic (exact) mass is 441 g/mol. The maximum absolute atomic E-state index is 13.4. The minimum Gasteiger partial charge on any atom is -0.495 e. The van der Waals surface area contributed by atoms with Gasteiger partial charge in [0.2, 0.25) is 9.84 Å². The van der Waals surface area contributed by atoms with E-state index in [2.05, 4.69) is 0 Å². The van der Waals surface area contributed by atoms with Crippen molar-refractivity contribution in [3.8, 4) is 11.5 Å². The van der Waals surface area contributed by atoms with Crippen molar-refractivity contribution in [2.45, 2.75) is 41.4 Å². The zero-order valence-electron chi connectivity index (χ0n) is 17.3. The molecule has 2 atom stereocenters. The number of hydrogen-bond acceptors (Lipinski definition) is 6. The minimum absolute atomic E-state index is 0.0653. The van der Waals surface area contributed by atoms with Gasteiger partial charge in [-0.15, -0.1) is 0 Å². The smallest absolute Gasteiger partial charge is 0.251 e. The summed E-state index contributed by atoms with van der Waals surface area (Å²) in [7, 11) is -2.54. The largest absolute Gasteiger partial charge is 0.495 e. The van der Waals surface area contributed by atoms with Crippen molar-refractivity contribution in [2.24, 2.45) is 0 Å². The highest BCUT2D eigenvalue weighted by molar-refractivity contribution is 7.91. The lowest BCUT2D eigenvalue weighted by molar-refractivity contribution is -0.0645. The number of sulfone groups is 1. The molecule has 0 aliphatic carbocycles. The topological polar surface area (TPSA) is 94.8 Å². The molecule has 0 bridgehead atoms. The number of fused-ring (bicyclic) bond motifs is 1. The number of hydrogen-bond donors (Lipinski definition) is 1. The van der Waals surface area contributed by atoms with Gasteiger partial charge in [-0.05, 0) is 38.1 Å². The van der Waals surface area contributed by atoms with Crippen LogP contribution in [0.15, 0.2) is 81.4 Å². The van der Waals surface area contributed by atoms with Crippen molar-refractivity contribution in [3.63, 3.8) is 0 Å². The van der Waals surface area contributed by atoms with Crippen LogP contribution in [-0.2, 0) is 9.84 Å². The van der Waals surface area contributed by atoms with Gasteiger partial charge in [0, 0.05) is 23.9 Å². The minimum atomic E-state index is -3.93. The Morgan fingerprint density at radius 3 is 2.39 bits per heavy atom. The van der Waals surface area contributed by atoms with Crippen LogP contribution in [-0.4, -0.2) is 36.9 Å². The summed E-state index contributed by atoms with van der Waals surface area (Å²) in [5.41, 5.74) is -0.966. The third-order valence-corrected chi connectivity index (χ3v) is 7.28. The lowest BCUT2D eigenvalue weighted by Crippen LogP contribution is -2.52. The van der Waals surface area contributed by atoms with Gasteiger partial charge in [-0.3, -0.25) is 4.79 Å². The van der Waals surface area contributed by atoms with Gasteiger partial charge >= 0.3 is 0 Å². The number of pyridine rings is 1. The van der Waals surface area contributed by atoms with Crippen LogP contribution < -0.4 is 15.0 Å². The Labute approximate surface area is 180 Å². The SMILES string of the molecule is COc1cc2c(cc1S(=O)(=O)c1ccccc1)[C@@H](n1ccccc1=O)[C@H](O)C(C)(C)O2. The number of aromatic nitrogens is 1. The number of ether oxygens (including phenoxy) is 2. The van der Waals surface area contributed by atoms with Gasteiger partial charge in [-0.25, -0.2) is 8.42 Å². The van der Waals surface area contributed by atoms with E-state index in [0.29, 0.717) is 11.3 Å². The van der Waals surface area contributed by atoms with Gasteiger partial charge in [0.25, 0.3) is 5.56 Å². The number of rotatable bonds is 4. The summed E-state index contributed by atoms with van der Waals surface area (Å²) in [6.07, 6.45) is 0.456. The summed E-state index contributed by atoms with van der Waals surface area (Å²) in [5, 5.41) is 11.1. The standard InChI is InChI=1S/C23H23NO6S/c1-23(2)22(26)21(24-12-8-7-11-20(24)25)16-13-19(18(29-3)14-17(16)30-23)31(27,28)15-9-5-4-6-10-15/h4-14,21-22,26H,1-3H3/t21-,22+/m1/s1. The van der Waals surface area contributed by atoms with Gasteiger partial charge in [0.15, 0.2) is 0 Å². The van der Waals surface area contributed by atoms with Crippen molar-refractivity contribution in [1.82, 2.24) is 4.57 Å². The second kappa shape index (κ2) is 7.55. The lowest BCUT2D eigenvalue weighted by atomic mass is 9.86. The van der Waals surface area contributed by atoms with Crippen LogP contribution in [0.5, 0.6) is 11.5 Å². The molecule has 3 aromatic rings. The molecule has 1 aliphatic heterocycles. The van der Waals surface area contributed by atoms with Crippen molar-refractivity contribution < 1.29 is 23.0 Å². The van der Waals surface area contributed by atoms with E-state index < -0.39 is 27.6 Å². The molecule has 0 spiro atoms. The summed E-state index contributed by atoms with van der Waals surface area (Å²) in [5.74, 6) is 0.467. The quantitative estimate of drug-likeness (QED) is 0.669. The normalized spacial score (nSPS) is 19.9. The molecule has 162 valence electrons. The van der Waals surface area contributed by atoms with E-state index in [0.717, 1.165) is 0 Å². The fraction of sp³-hybridized carbons (Fsp3) is 0.261. The van der Waals surface area contributed by atoms with E-state index in [1.165, 1.54) is 42.0 Å². The number of nitrogens with zero attached hydrogens (tertiary/aromatic N) is 1. The molecule has 1 aromatic heterocycles. The van der Waals surface area contributed by atoms with Crippen LogP contribution in [0.25, 0.3) is 0 Å². The van der Waals surface area contributed by atoms with Crippen LogP contribution in [0.1, 0.15) is 25.5 Å². The average Bonchev–Trinajstić information content (AvgIpc) is 2.75. The lowest BCUT2D eigenvalue weighted by Gasteiger charge is -2.42. The number of aliphatic hydroxyl groups excluding tert-OH is 1. The van der Waals surface area contributed by atoms with Gasteiger partial charge in [-0.2, -0.15) is 0 Å². The van der Waals surface area contributed by atoms with Crippen LogP contribution >= 0.6 is 0 Å². The predicted octanol–water partition coefficient (Wildman–Crippen LogP) is 2.81. The summed E-state index contributed by atoms with van der Waals surface area (Å²) in [6.45, 7) is 3.42. The molecule has 2 aromatic carbocycles. The molecule has 7 nitrogen and oxygen atoms in total. The zero-order valence-corrected chi connectivity index (χ0v) is 18.2. The second-order valence-electron chi connectivity index (χ2n) is 7.90. The Morgan fingerprint density at radius 1 is 1.06 bits per heavy atom. The summed E-state index contributed by atoms with van der Waals surface area (Å²) >= 11 is 0. The summed E-state index contributed by atoms with van der Waals surface area (Å²) in [6, 6.07) is 14.8. The number of benzene rings is 2. The zero-order chi connectivity index (χ0) is 22.4. The first-order valence-corrected chi connectivity index (χ1v) is 11.2. The Hall–Kier alpha value is -3.10. The molecule has 2 heterocycles. The van der Waals surface area contributed by atoms with Crippen LogP contribution in [0, 0.1) is 0 Å². The molecule has 1 aliphatic rings. The predicted molar refractivity (Wildman–Crippen MR) is 114 cm³/mol. The fourth-order valence-corrected chi connectivity index (χ4v) is 5.30. The number of methoxy groups -OCH3 is 1. The molecule has 1 N–H and O–H groups in total. The van der Waals surface area contributed by atoms with Gasteiger partial charge in [0.1, 0.15) is 28.1 Å². The fourth-order valence-electron chi connectivity index (χ4n) is 3.84. The van der Waals surface area contributed by atoms with Gasteiger partial charge < -0.3 is 19.1 Å². The first-order valence-electron chi connectivity index (χ1n) is 9.73. The molecule has 31 heavy (non-hydrogen) atoms. The summed E-state index contributed by atoms with van der Waals surface area (Å²) < 4.78 is 39.5. The highest BCUT2D eigenvalue weighted by Crippen LogP contribution is 2.45. The molecule has 0 fully saturated rings. The third-order valence-electron chi connectivity index (χ3n) is 5.49. The highest BCUT2D eigenvalue weighted by Gasteiger charge is 2.45. The van der Waals surface area contributed by atoms with Crippen molar-refractivity contribution >= 4 is 9.84 Å². The first kappa shape index (κ1) is 21.1. The molecular weight excluding hydrogens is 418 g/mol. The van der Waals surface area contributed by atoms with Crippen molar-refractivity contribution in [3.05, 3.63) is 82.8 Å². The Balaban J connectivity index is 2.00. The van der Waals surface area contributed by atoms with Gasteiger partial charge in [-0.1, -0.05) is 24.3 Å². The summed E-state index contributed by atoms with van der Waals surface area (Å²) in [4.78, 5) is 12.6. The molecule has 0 saturated carbocycles.